The minimum absolute atomic E-state index is 0. The fourth-order valence-corrected chi connectivity index (χ4v) is 3.62. The minimum Gasteiger partial charge on any atom is -0.493 e. The molecule has 1 saturated heterocycles. The third-order valence-corrected chi connectivity index (χ3v) is 5.38. The van der Waals surface area contributed by atoms with Gasteiger partial charge in [-0.25, -0.2) is 4.99 Å². The fourth-order valence-electron chi connectivity index (χ4n) is 3.62. The number of hydrogen-bond donors (Lipinski definition) is 2. The van der Waals surface area contributed by atoms with E-state index in [-0.39, 0.29) is 24.0 Å². The Morgan fingerprint density at radius 1 is 1.32 bits per heavy atom. The molecule has 1 heterocycles. The highest BCUT2D eigenvalue weighted by atomic mass is 127. The van der Waals surface area contributed by atoms with Crippen LogP contribution in [0.25, 0.3) is 0 Å². The van der Waals surface area contributed by atoms with Crippen LogP contribution in [-0.4, -0.2) is 38.4 Å². The molecule has 2 N–H and O–H groups in total. The number of guanidine groups is 1. The van der Waals surface area contributed by atoms with E-state index in [1.54, 1.807) is 0 Å². The highest BCUT2D eigenvalue weighted by Crippen LogP contribution is 2.34. The van der Waals surface area contributed by atoms with Crippen LogP contribution in [0.1, 0.15) is 50.7 Å². The molecule has 0 spiro atoms. The molecule has 3 atom stereocenters. The molecular weight excluding hydrogens is 465 g/mol. The van der Waals surface area contributed by atoms with Gasteiger partial charge in [-0.2, -0.15) is 0 Å². The van der Waals surface area contributed by atoms with E-state index in [9.17, 15) is 0 Å². The van der Waals surface area contributed by atoms with E-state index in [2.05, 4.69) is 49.6 Å². The van der Waals surface area contributed by atoms with Crippen LogP contribution < -0.4 is 15.4 Å². The van der Waals surface area contributed by atoms with Gasteiger partial charge in [-0.1, -0.05) is 25.5 Å². The molecule has 1 aliphatic heterocycles. The number of aliphatic imine (C=N–C) groups is 1. The molecule has 2 fully saturated rings. The smallest absolute Gasteiger partial charge is 0.191 e. The number of halogens is 1. The Hall–Kier alpha value is -1.02. The van der Waals surface area contributed by atoms with Gasteiger partial charge in [0, 0.05) is 30.7 Å². The van der Waals surface area contributed by atoms with Gasteiger partial charge < -0.3 is 20.1 Å². The van der Waals surface area contributed by atoms with Crippen molar-refractivity contribution in [2.75, 3.05) is 26.4 Å². The lowest BCUT2D eigenvalue weighted by Crippen LogP contribution is -2.39. The lowest BCUT2D eigenvalue weighted by molar-refractivity contribution is 0.166. The number of rotatable bonds is 9. The second-order valence-electron chi connectivity index (χ2n) is 7.88. The van der Waals surface area contributed by atoms with E-state index >= 15 is 0 Å². The highest BCUT2D eigenvalue weighted by molar-refractivity contribution is 14.0. The molecule has 0 amide bonds. The summed E-state index contributed by atoms with van der Waals surface area (Å²) in [5.74, 6) is 3.19. The molecule has 1 aromatic rings. The SMILES string of the molecule is CCCC1CC1NC(=NCc1ccc(C)cc1OCC1CCOC1)NCC.I. The summed E-state index contributed by atoms with van der Waals surface area (Å²) >= 11 is 0. The van der Waals surface area contributed by atoms with Crippen molar-refractivity contribution >= 4 is 29.9 Å². The Balaban J connectivity index is 0.00000280. The monoisotopic (exact) mass is 501 g/mol. The first-order chi connectivity index (χ1) is 13.2. The van der Waals surface area contributed by atoms with Gasteiger partial charge in [-0.05, 0) is 50.7 Å². The summed E-state index contributed by atoms with van der Waals surface area (Å²) < 4.78 is 11.6. The summed E-state index contributed by atoms with van der Waals surface area (Å²) in [4.78, 5) is 4.82. The number of aryl methyl sites for hydroxylation is 1. The summed E-state index contributed by atoms with van der Waals surface area (Å²) in [7, 11) is 0. The molecule has 1 aliphatic carbocycles. The first kappa shape index (κ1) is 23.3. The second-order valence-corrected chi connectivity index (χ2v) is 7.88. The van der Waals surface area contributed by atoms with Crippen molar-refractivity contribution in [2.45, 2.75) is 59.0 Å². The number of nitrogens with zero attached hydrogens (tertiary/aromatic N) is 1. The van der Waals surface area contributed by atoms with Gasteiger partial charge in [0.2, 0.25) is 0 Å². The molecule has 3 unspecified atom stereocenters. The Bertz CT molecular complexity index is 632. The van der Waals surface area contributed by atoms with Crippen LogP contribution >= 0.6 is 24.0 Å². The molecular formula is C22H36IN3O2. The van der Waals surface area contributed by atoms with E-state index in [0.29, 0.717) is 18.5 Å². The van der Waals surface area contributed by atoms with E-state index in [1.165, 1.54) is 24.8 Å². The average Bonchev–Trinajstić information content (AvgIpc) is 3.17. The largest absolute Gasteiger partial charge is 0.493 e. The molecule has 2 aliphatic rings. The molecule has 0 bridgehead atoms. The number of nitrogens with one attached hydrogen (secondary N) is 2. The summed E-state index contributed by atoms with van der Waals surface area (Å²) in [5, 5.41) is 6.96. The van der Waals surface area contributed by atoms with Gasteiger partial charge in [0.25, 0.3) is 0 Å². The number of ether oxygens (including phenoxy) is 2. The molecule has 0 aromatic heterocycles. The Morgan fingerprint density at radius 3 is 2.89 bits per heavy atom. The van der Waals surface area contributed by atoms with Gasteiger partial charge in [-0.15, -0.1) is 24.0 Å². The molecule has 6 heteroatoms. The van der Waals surface area contributed by atoms with Crippen molar-refractivity contribution in [3.63, 3.8) is 0 Å². The van der Waals surface area contributed by atoms with Crippen molar-refractivity contribution < 1.29 is 9.47 Å². The minimum atomic E-state index is 0. The quantitative estimate of drug-likeness (QED) is 0.302. The molecule has 1 aromatic carbocycles. The van der Waals surface area contributed by atoms with Crippen LogP contribution in [0.2, 0.25) is 0 Å². The van der Waals surface area contributed by atoms with Crippen molar-refractivity contribution in [3.8, 4) is 5.75 Å². The average molecular weight is 501 g/mol. The summed E-state index contributed by atoms with van der Waals surface area (Å²) in [6.45, 7) is 10.4. The van der Waals surface area contributed by atoms with Gasteiger partial charge in [-0.3, -0.25) is 0 Å². The number of hydrogen-bond acceptors (Lipinski definition) is 3. The van der Waals surface area contributed by atoms with E-state index in [4.69, 9.17) is 14.5 Å². The maximum atomic E-state index is 6.15. The van der Waals surface area contributed by atoms with E-state index in [1.807, 2.05) is 0 Å². The Labute approximate surface area is 187 Å². The zero-order valence-electron chi connectivity index (χ0n) is 17.5. The predicted molar refractivity (Wildman–Crippen MR) is 126 cm³/mol. The summed E-state index contributed by atoms with van der Waals surface area (Å²) in [6.07, 6.45) is 4.92. The Morgan fingerprint density at radius 2 is 2.18 bits per heavy atom. The first-order valence-corrected chi connectivity index (χ1v) is 10.5. The van der Waals surface area contributed by atoms with E-state index < -0.39 is 0 Å². The maximum absolute atomic E-state index is 6.15. The molecule has 5 nitrogen and oxygen atoms in total. The van der Waals surface area contributed by atoms with Crippen LogP contribution in [0.4, 0.5) is 0 Å². The topological polar surface area (TPSA) is 54.9 Å². The van der Waals surface area contributed by atoms with Crippen LogP contribution in [0.5, 0.6) is 5.75 Å². The molecule has 158 valence electrons. The Kier molecular flexibility index (Phi) is 9.85. The summed E-state index contributed by atoms with van der Waals surface area (Å²) in [5.41, 5.74) is 2.35. The van der Waals surface area contributed by atoms with Crippen LogP contribution in [0.3, 0.4) is 0 Å². The number of benzene rings is 1. The van der Waals surface area contributed by atoms with Crippen molar-refractivity contribution in [2.24, 2.45) is 16.8 Å². The molecule has 0 radical (unpaired) electrons. The van der Waals surface area contributed by atoms with Crippen molar-refractivity contribution in [1.29, 1.82) is 0 Å². The lowest BCUT2D eigenvalue weighted by Gasteiger charge is -2.15. The maximum Gasteiger partial charge on any atom is 0.191 e. The fraction of sp³-hybridized carbons (Fsp3) is 0.682. The highest BCUT2D eigenvalue weighted by Gasteiger charge is 2.36. The van der Waals surface area contributed by atoms with Crippen LogP contribution in [0.15, 0.2) is 23.2 Å². The normalized spacial score (nSPS) is 23.8. The van der Waals surface area contributed by atoms with E-state index in [0.717, 1.165) is 56.0 Å². The molecule has 28 heavy (non-hydrogen) atoms. The van der Waals surface area contributed by atoms with Crippen LogP contribution in [0, 0.1) is 18.8 Å². The molecule has 3 rings (SSSR count). The zero-order chi connectivity index (χ0) is 19.1. The van der Waals surface area contributed by atoms with Gasteiger partial charge in [0.15, 0.2) is 5.96 Å². The lowest BCUT2D eigenvalue weighted by atomic mass is 10.1. The van der Waals surface area contributed by atoms with Gasteiger partial charge in [0.1, 0.15) is 5.75 Å². The molecule has 1 saturated carbocycles. The van der Waals surface area contributed by atoms with Gasteiger partial charge >= 0.3 is 0 Å². The standard InChI is InChI=1S/C22H35N3O2.HI/c1-4-6-18-12-20(18)25-22(23-5-2)24-13-19-8-7-16(3)11-21(19)27-15-17-9-10-26-14-17;/h7-8,11,17-18,20H,4-6,9-10,12-15H2,1-3H3,(H2,23,24,25);1H. The first-order valence-electron chi connectivity index (χ1n) is 10.5. The zero-order valence-corrected chi connectivity index (χ0v) is 19.8. The van der Waals surface area contributed by atoms with Gasteiger partial charge in [0.05, 0.1) is 19.8 Å². The predicted octanol–water partition coefficient (Wildman–Crippen LogP) is 4.27. The third kappa shape index (κ3) is 7.10. The van der Waals surface area contributed by atoms with Crippen molar-refractivity contribution in [1.82, 2.24) is 10.6 Å². The second kappa shape index (κ2) is 11.9. The van der Waals surface area contributed by atoms with Crippen molar-refractivity contribution in [3.05, 3.63) is 29.3 Å². The van der Waals surface area contributed by atoms with Crippen LogP contribution in [-0.2, 0) is 11.3 Å². The summed E-state index contributed by atoms with van der Waals surface area (Å²) in [6, 6.07) is 6.98. The third-order valence-electron chi connectivity index (χ3n) is 5.38.